The number of carbonyl (C=O) groups is 1. The standard InChI is InChI=1S/C12H10ClN3O4/c1-8-5-14-15(6-8)7-12(17)20-9-2-3-11(16(18)19)10(13)4-9/h2-6H,7H2,1H3. The first-order chi connectivity index (χ1) is 9.45. The van der Waals surface area contributed by atoms with E-state index in [0.29, 0.717) is 0 Å². The van der Waals surface area contributed by atoms with Crippen LogP contribution in [0.1, 0.15) is 5.56 Å². The third-order valence-corrected chi connectivity index (χ3v) is 2.70. The van der Waals surface area contributed by atoms with Gasteiger partial charge in [0, 0.05) is 18.3 Å². The number of nitrogens with zero attached hydrogens (tertiary/aromatic N) is 3. The molecule has 0 aliphatic rings. The number of carbonyl (C=O) groups excluding carboxylic acids is 1. The minimum absolute atomic E-state index is 0.0531. The van der Waals surface area contributed by atoms with Crippen LogP contribution in [-0.2, 0) is 11.3 Å². The number of rotatable bonds is 4. The van der Waals surface area contributed by atoms with E-state index < -0.39 is 10.9 Å². The molecule has 0 saturated heterocycles. The van der Waals surface area contributed by atoms with Crippen LogP contribution in [-0.4, -0.2) is 20.7 Å². The minimum Gasteiger partial charge on any atom is -0.425 e. The van der Waals surface area contributed by atoms with Gasteiger partial charge in [0.2, 0.25) is 0 Å². The lowest BCUT2D eigenvalue weighted by Crippen LogP contribution is -2.16. The number of hydrogen-bond donors (Lipinski definition) is 0. The highest BCUT2D eigenvalue weighted by Crippen LogP contribution is 2.28. The Bertz CT molecular complexity index is 668. The van der Waals surface area contributed by atoms with Gasteiger partial charge in [0.15, 0.2) is 0 Å². The Morgan fingerprint density at radius 3 is 2.85 bits per heavy atom. The molecule has 1 heterocycles. The van der Waals surface area contributed by atoms with Crippen LogP contribution in [0.4, 0.5) is 5.69 Å². The van der Waals surface area contributed by atoms with Crippen LogP contribution in [0.5, 0.6) is 5.75 Å². The summed E-state index contributed by atoms with van der Waals surface area (Å²) in [7, 11) is 0. The van der Waals surface area contributed by atoms with Gasteiger partial charge in [0.05, 0.1) is 11.1 Å². The zero-order valence-corrected chi connectivity index (χ0v) is 11.2. The van der Waals surface area contributed by atoms with Crippen LogP contribution in [0.3, 0.4) is 0 Å². The summed E-state index contributed by atoms with van der Waals surface area (Å²) in [5.41, 5.74) is 0.686. The summed E-state index contributed by atoms with van der Waals surface area (Å²) in [6, 6.07) is 3.73. The second-order valence-electron chi connectivity index (χ2n) is 4.06. The van der Waals surface area contributed by atoms with Crippen molar-refractivity contribution in [1.29, 1.82) is 0 Å². The number of aromatic nitrogens is 2. The summed E-state index contributed by atoms with van der Waals surface area (Å²) >= 11 is 5.72. The van der Waals surface area contributed by atoms with Gasteiger partial charge < -0.3 is 4.74 Å². The van der Waals surface area contributed by atoms with Crippen LogP contribution >= 0.6 is 11.6 Å². The van der Waals surface area contributed by atoms with Gasteiger partial charge >= 0.3 is 5.97 Å². The number of nitro benzene ring substituents is 1. The van der Waals surface area contributed by atoms with Crippen molar-refractivity contribution in [2.45, 2.75) is 13.5 Å². The molecule has 2 rings (SSSR count). The van der Waals surface area contributed by atoms with Gasteiger partial charge in [-0.05, 0) is 18.6 Å². The van der Waals surface area contributed by atoms with E-state index in [2.05, 4.69) is 5.10 Å². The molecule has 1 aromatic heterocycles. The Kier molecular flexibility index (Phi) is 3.99. The van der Waals surface area contributed by atoms with Gasteiger partial charge in [0.25, 0.3) is 5.69 Å². The van der Waals surface area contributed by atoms with Gasteiger partial charge in [-0.1, -0.05) is 11.6 Å². The highest BCUT2D eigenvalue weighted by molar-refractivity contribution is 6.32. The Morgan fingerprint density at radius 1 is 1.55 bits per heavy atom. The van der Waals surface area contributed by atoms with Crippen LogP contribution in [0.2, 0.25) is 5.02 Å². The first kappa shape index (κ1) is 14.0. The predicted molar refractivity (Wildman–Crippen MR) is 70.7 cm³/mol. The normalized spacial score (nSPS) is 10.3. The third kappa shape index (κ3) is 3.33. The molecule has 0 atom stereocenters. The molecule has 8 heteroatoms. The fraction of sp³-hybridized carbons (Fsp3) is 0.167. The molecular weight excluding hydrogens is 286 g/mol. The van der Waals surface area contributed by atoms with Crippen molar-refractivity contribution in [3.8, 4) is 5.75 Å². The maximum absolute atomic E-state index is 11.7. The monoisotopic (exact) mass is 295 g/mol. The van der Waals surface area contributed by atoms with Crippen LogP contribution in [0.25, 0.3) is 0 Å². The molecule has 0 unspecified atom stereocenters. The average molecular weight is 296 g/mol. The van der Waals surface area contributed by atoms with E-state index in [-0.39, 0.29) is 23.0 Å². The molecule has 0 fully saturated rings. The molecule has 0 saturated carbocycles. The molecule has 0 amide bonds. The summed E-state index contributed by atoms with van der Waals surface area (Å²) < 4.78 is 6.47. The molecule has 0 spiro atoms. The van der Waals surface area contributed by atoms with E-state index in [1.807, 2.05) is 6.92 Å². The van der Waals surface area contributed by atoms with Gasteiger partial charge in [-0.2, -0.15) is 5.10 Å². The van der Waals surface area contributed by atoms with Gasteiger partial charge in [-0.15, -0.1) is 0 Å². The summed E-state index contributed by atoms with van der Waals surface area (Å²) in [5, 5.41) is 14.5. The first-order valence-corrected chi connectivity index (χ1v) is 5.97. The maximum Gasteiger partial charge on any atom is 0.333 e. The van der Waals surface area contributed by atoms with Crippen molar-refractivity contribution in [3.05, 3.63) is 51.3 Å². The van der Waals surface area contributed by atoms with Gasteiger partial charge in [0.1, 0.15) is 17.3 Å². The molecule has 0 bridgehead atoms. The lowest BCUT2D eigenvalue weighted by molar-refractivity contribution is -0.384. The number of benzene rings is 1. The molecule has 2 aromatic rings. The Labute approximate surface area is 118 Å². The van der Waals surface area contributed by atoms with Gasteiger partial charge in [-0.25, -0.2) is 4.79 Å². The summed E-state index contributed by atoms with van der Waals surface area (Å²) in [6.45, 7) is 1.80. The fourth-order valence-electron chi connectivity index (χ4n) is 1.55. The highest BCUT2D eigenvalue weighted by Gasteiger charge is 2.14. The number of aryl methyl sites for hydroxylation is 1. The summed E-state index contributed by atoms with van der Waals surface area (Å²) in [6.07, 6.45) is 3.32. The Hall–Kier alpha value is -2.41. The summed E-state index contributed by atoms with van der Waals surface area (Å²) in [4.78, 5) is 21.7. The number of hydrogen-bond acceptors (Lipinski definition) is 5. The van der Waals surface area contributed by atoms with Crippen molar-refractivity contribution >= 4 is 23.3 Å². The van der Waals surface area contributed by atoms with Crippen molar-refractivity contribution in [3.63, 3.8) is 0 Å². The first-order valence-electron chi connectivity index (χ1n) is 5.59. The third-order valence-electron chi connectivity index (χ3n) is 2.40. The lowest BCUT2D eigenvalue weighted by Gasteiger charge is -2.05. The lowest BCUT2D eigenvalue weighted by atomic mass is 10.3. The van der Waals surface area contributed by atoms with Crippen molar-refractivity contribution < 1.29 is 14.5 Å². The zero-order chi connectivity index (χ0) is 14.7. The molecule has 0 radical (unpaired) electrons. The second kappa shape index (κ2) is 5.70. The average Bonchev–Trinajstić information content (AvgIpc) is 2.74. The molecule has 104 valence electrons. The van der Waals surface area contributed by atoms with Crippen molar-refractivity contribution in [2.24, 2.45) is 0 Å². The van der Waals surface area contributed by atoms with E-state index >= 15 is 0 Å². The molecule has 0 aliphatic carbocycles. The molecule has 0 N–H and O–H groups in total. The molecular formula is C12H10ClN3O4. The minimum atomic E-state index is -0.611. The van der Waals surface area contributed by atoms with Crippen molar-refractivity contribution in [2.75, 3.05) is 0 Å². The quantitative estimate of drug-likeness (QED) is 0.374. The Morgan fingerprint density at radius 2 is 2.30 bits per heavy atom. The predicted octanol–water partition coefficient (Wildman–Crippen LogP) is 2.36. The highest BCUT2D eigenvalue weighted by atomic mass is 35.5. The van der Waals surface area contributed by atoms with Crippen molar-refractivity contribution in [1.82, 2.24) is 9.78 Å². The molecule has 20 heavy (non-hydrogen) atoms. The smallest absolute Gasteiger partial charge is 0.333 e. The van der Waals surface area contributed by atoms with Gasteiger partial charge in [-0.3, -0.25) is 14.8 Å². The SMILES string of the molecule is Cc1cnn(CC(=O)Oc2ccc([N+](=O)[O-])c(Cl)c2)c1. The number of ether oxygens (including phenoxy) is 1. The maximum atomic E-state index is 11.7. The van der Waals surface area contributed by atoms with Crippen LogP contribution < -0.4 is 4.74 Å². The molecule has 7 nitrogen and oxygen atoms in total. The topological polar surface area (TPSA) is 87.3 Å². The van der Waals surface area contributed by atoms with E-state index in [4.69, 9.17) is 16.3 Å². The summed E-state index contributed by atoms with van der Waals surface area (Å²) in [5.74, 6) is -0.396. The second-order valence-corrected chi connectivity index (χ2v) is 4.47. The van der Waals surface area contributed by atoms with Crippen LogP contribution in [0.15, 0.2) is 30.6 Å². The van der Waals surface area contributed by atoms with E-state index in [0.717, 1.165) is 5.56 Å². The fourth-order valence-corrected chi connectivity index (χ4v) is 1.79. The largest absolute Gasteiger partial charge is 0.425 e. The molecule has 1 aromatic carbocycles. The zero-order valence-electron chi connectivity index (χ0n) is 10.4. The Balaban J connectivity index is 2.04. The van der Waals surface area contributed by atoms with E-state index in [9.17, 15) is 14.9 Å². The number of halogens is 1. The van der Waals surface area contributed by atoms with Crippen LogP contribution in [0, 0.1) is 17.0 Å². The number of nitro groups is 1. The molecule has 0 aliphatic heterocycles. The van der Waals surface area contributed by atoms with E-state index in [1.54, 1.807) is 12.4 Å². The van der Waals surface area contributed by atoms with E-state index in [1.165, 1.54) is 22.9 Å². The number of esters is 1.